The van der Waals surface area contributed by atoms with Crippen molar-refractivity contribution in [3.8, 4) is 0 Å². The zero-order valence-corrected chi connectivity index (χ0v) is 15.2. The van der Waals surface area contributed by atoms with Crippen LogP contribution in [-0.2, 0) is 16.0 Å². The Kier molecular flexibility index (Phi) is 6.36. The van der Waals surface area contributed by atoms with E-state index in [-0.39, 0.29) is 12.5 Å². The van der Waals surface area contributed by atoms with Crippen LogP contribution in [0.25, 0.3) is 0 Å². The number of benzene rings is 2. The van der Waals surface area contributed by atoms with Crippen LogP contribution in [0.5, 0.6) is 0 Å². The summed E-state index contributed by atoms with van der Waals surface area (Å²) >= 11 is 0. The number of likely N-dealkylation sites (tertiary alicyclic amines) is 1. The number of ether oxygens (including phenoxy) is 1. The fourth-order valence-corrected chi connectivity index (χ4v) is 3.33. The molecule has 0 saturated carbocycles. The van der Waals surface area contributed by atoms with E-state index in [2.05, 4.69) is 24.3 Å². The third-order valence-corrected chi connectivity index (χ3v) is 4.94. The molecule has 5 nitrogen and oxygen atoms in total. The van der Waals surface area contributed by atoms with Crippen LogP contribution in [0.1, 0.15) is 39.1 Å². The van der Waals surface area contributed by atoms with Gasteiger partial charge in [0, 0.05) is 18.7 Å². The zero-order valence-electron chi connectivity index (χ0n) is 15.2. The number of amides is 1. The quantitative estimate of drug-likeness (QED) is 0.583. The number of carbonyl (C=O) groups excluding carboxylic acids is 3. The van der Waals surface area contributed by atoms with Crippen molar-refractivity contribution in [1.29, 1.82) is 0 Å². The van der Waals surface area contributed by atoms with Crippen LogP contribution >= 0.6 is 0 Å². The number of nitrogens with zero attached hydrogens (tertiary/aromatic N) is 1. The molecule has 27 heavy (non-hydrogen) atoms. The molecule has 1 saturated heterocycles. The summed E-state index contributed by atoms with van der Waals surface area (Å²) in [6, 6.07) is 16.5. The number of carbonyl (C=O) groups is 3. The number of piperidine rings is 1. The molecule has 0 aromatic heterocycles. The van der Waals surface area contributed by atoms with Gasteiger partial charge in [0.05, 0.1) is 5.56 Å². The standard InChI is InChI=1S/C22H23NO4/c24-15-19-6-8-20(9-7-19)22(26)27-16-21(25)23-12-10-18(11-13-23)14-17-4-2-1-3-5-17/h1-9,15,18H,10-14,16H2. The Labute approximate surface area is 158 Å². The lowest BCUT2D eigenvalue weighted by molar-refractivity contribution is -0.135. The van der Waals surface area contributed by atoms with Crippen LogP contribution in [0.15, 0.2) is 54.6 Å². The number of rotatable bonds is 6. The van der Waals surface area contributed by atoms with Crippen molar-refractivity contribution in [3.63, 3.8) is 0 Å². The van der Waals surface area contributed by atoms with Gasteiger partial charge in [-0.1, -0.05) is 42.5 Å². The van der Waals surface area contributed by atoms with Crippen LogP contribution in [0.2, 0.25) is 0 Å². The first-order valence-corrected chi connectivity index (χ1v) is 9.20. The smallest absolute Gasteiger partial charge is 0.338 e. The van der Waals surface area contributed by atoms with Crippen molar-refractivity contribution >= 4 is 18.2 Å². The molecule has 2 aromatic rings. The normalized spacial score (nSPS) is 14.6. The van der Waals surface area contributed by atoms with E-state index in [1.165, 1.54) is 17.7 Å². The van der Waals surface area contributed by atoms with Crippen LogP contribution in [-0.4, -0.2) is 42.8 Å². The van der Waals surface area contributed by atoms with Crippen molar-refractivity contribution in [1.82, 2.24) is 4.90 Å². The second-order valence-electron chi connectivity index (χ2n) is 6.83. The van der Waals surface area contributed by atoms with Crippen molar-refractivity contribution in [3.05, 3.63) is 71.3 Å². The van der Waals surface area contributed by atoms with Gasteiger partial charge in [-0.25, -0.2) is 4.79 Å². The van der Waals surface area contributed by atoms with Gasteiger partial charge in [-0.2, -0.15) is 0 Å². The minimum atomic E-state index is -0.556. The lowest BCUT2D eigenvalue weighted by Gasteiger charge is -2.32. The molecule has 1 amide bonds. The summed E-state index contributed by atoms with van der Waals surface area (Å²) in [5, 5.41) is 0. The van der Waals surface area contributed by atoms with E-state index in [0.717, 1.165) is 19.3 Å². The molecule has 1 aliphatic heterocycles. The summed E-state index contributed by atoms with van der Waals surface area (Å²) < 4.78 is 5.12. The highest BCUT2D eigenvalue weighted by Gasteiger charge is 2.23. The molecule has 1 fully saturated rings. The Morgan fingerprint density at radius 3 is 2.30 bits per heavy atom. The van der Waals surface area contributed by atoms with E-state index in [9.17, 15) is 14.4 Å². The Morgan fingerprint density at radius 1 is 1.00 bits per heavy atom. The van der Waals surface area contributed by atoms with Crippen molar-refractivity contribution in [2.45, 2.75) is 19.3 Å². The minimum absolute atomic E-state index is 0.161. The highest BCUT2D eigenvalue weighted by Crippen LogP contribution is 2.21. The largest absolute Gasteiger partial charge is 0.452 e. The zero-order chi connectivity index (χ0) is 19.1. The average molecular weight is 365 g/mol. The van der Waals surface area contributed by atoms with Crippen LogP contribution in [0.4, 0.5) is 0 Å². The van der Waals surface area contributed by atoms with Gasteiger partial charge in [0.15, 0.2) is 6.61 Å². The second-order valence-corrected chi connectivity index (χ2v) is 6.83. The second kappa shape index (κ2) is 9.12. The molecule has 1 aliphatic rings. The molecule has 1 heterocycles. The molecule has 0 atom stereocenters. The summed E-state index contributed by atoms with van der Waals surface area (Å²) in [6.07, 6.45) is 3.66. The first kappa shape index (κ1) is 18.8. The third-order valence-electron chi connectivity index (χ3n) is 4.94. The van der Waals surface area contributed by atoms with Gasteiger partial charge < -0.3 is 9.64 Å². The highest BCUT2D eigenvalue weighted by atomic mass is 16.5. The molecule has 0 spiro atoms. The Morgan fingerprint density at radius 2 is 1.67 bits per heavy atom. The van der Waals surface area contributed by atoms with Crippen LogP contribution in [0.3, 0.4) is 0 Å². The maximum Gasteiger partial charge on any atom is 0.338 e. The van der Waals surface area contributed by atoms with Crippen molar-refractivity contribution in [2.24, 2.45) is 5.92 Å². The predicted molar refractivity (Wildman–Crippen MR) is 102 cm³/mol. The molecule has 0 bridgehead atoms. The van der Waals surface area contributed by atoms with Gasteiger partial charge in [0.1, 0.15) is 6.29 Å². The summed E-state index contributed by atoms with van der Waals surface area (Å²) in [6.45, 7) is 1.14. The van der Waals surface area contributed by atoms with E-state index in [1.54, 1.807) is 17.0 Å². The summed E-state index contributed by atoms with van der Waals surface area (Å²) in [5.74, 6) is -0.138. The Bertz CT molecular complexity index is 778. The number of aldehydes is 1. The molecular formula is C22H23NO4. The Balaban J connectivity index is 1.42. The lowest BCUT2D eigenvalue weighted by Crippen LogP contribution is -2.41. The molecule has 0 radical (unpaired) electrons. The number of hydrogen-bond donors (Lipinski definition) is 0. The first-order valence-electron chi connectivity index (χ1n) is 9.20. The lowest BCUT2D eigenvalue weighted by atomic mass is 9.90. The van der Waals surface area contributed by atoms with Gasteiger partial charge >= 0.3 is 5.97 Å². The molecule has 0 aliphatic carbocycles. The van der Waals surface area contributed by atoms with E-state index >= 15 is 0 Å². The number of esters is 1. The van der Waals surface area contributed by atoms with E-state index < -0.39 is 5.97 Å². The molecule has 140 valence electrons. The molecular weight excluding hydrogens is 342 g/mol. The predicted octanol–water partition coefficient (Wildman–Crippen LogP) is 3.14. The molecule has 0 N–H and O–H groups in total. The van der Waals surface area contributed by atoms with Gasteiger partial charge in [-0.15, -0.1) is 0 Å². The van der Waals surface area contributed by atoms with Gasteiger partial charge in [0.2, 0.25) is 0 Å². The molecule has 3 rings (SSSR count). The molecule has 2 aromatic carbocycles. The summed E-state index contributed by atoms with van der Waals surface area (Å²) in [5.41, 5.74) is 2.15. The Hall–Kier alpha value is -2.95. The highest BCUT2D eigenvalue weighted by molar-refractivity contribution is 5.92. The third kappa shape index (κ3) is 5.26. The van der Waals surface area contributed by atoms with Crippen molar-refractivity contribution in [2.75, 3.05) is 19.7 Å². The van der Waals surface area contributed by atoms with Gasteiger partial charge in [-0.3, -0.25) is 9.59 Å². The fraction of sp³-hybridized carbons (Fsp3) is 0.318. The van der Waals surface area contributed by atoms with Crippen LogP contribution < -0.4 is 0 Å². The molecule has 5 heteroatoms. The molecule has 0 unspecified atom stereocenters. The van der Waals surface area contributed by atoms with Crippen LogP contribution in [0, 0.1) is 5.92 Å². The topological polar surface area (TPSA) is 63.7 Å². The maximum atomic E-state index is 12.3. The van der Waals surface area contributed by atoms with E-state index in [4.69, 9.17) is 4.74 Å². The summed E-state index contributed by atoms with van der Waals surface area (Å²) in [4.78, 5) is 36.7. The number of hydrogen-bond acceptors (Lipinski definition) is 4. The monoisotopic (exact) mass is 365 g/mol. The first-order chi connectivity index (χ1) is 13.2. The van der Waals surface area contributed by atoms with Gasteiger partial charge in [-0.05, 0) is 42.9 Å². The minimum Gasteiger partial charge on any atom is -0.452 e. The van der Waals surface area contributed by atoms with E-state index in [1.807, 2.05) is 6.07 Å². The maximum absolute atomic E-state index is 12.3. The van der Waals surface area contributed by atoms with E-state index in [0.29, 0.717) is 36.4 Å². The summed E-state index contributed by atoms with van der Waals surface area (Å²) in [7, 11) is 0. The van der Waals surface area contributed by atoms with Gasteiger partial charge in [0.25, 0.3) is 5.91 Å². The average Bonchev–Trinajstić information content (AvgIpc) is 2.73. The SMILES string of the molecule is O=Cc1ccc(C(=O)OCC(=O)N2CCC(Cc3ccccc3)CC2)cc1. The van der Waals surface area contributed by atoms with Crippen molar-refractivity contribution < 1.29 is 19.1 Å². The fourth-order valence-electron chi connectivity index (χ4n) is 3.33.